The molecule has 2 aromatic rings. The quantitative estimate of drug-likeness (QED) is 0.170. The second kappa shape index (κ2) is 12.6. The first-order valence-electron chi connectivity index (χ1n) is 9.95. The fourth-order valence-corrected chi connectivity index (χ4v) is 2.62. The number of esters is 2. The largest absolute Gasteiger partial charge is 0.497 e. The smallest absolute Gasteiger partial charge is 0.348 e. The van der Waals surface area contributed by atoms with Crippen LogP contribution in [-0.2, 0) is 14.3 Å². The maximum absolute atomic E-state index is 12.2. The Morgan fingerprint density at radius 2 is 1.72 bits per heavy atom. The summed E-state index contributed by atoms with van der Waals surface area (Å²) in [6.07, 6.45) is 2.00. The molecule has 0 amide bonds. The third-order valence-corrected chi connectivity index (χ3v) is 4.19. The van der Waals surface area contributed by atoms with Crippen LogP contribution >= 0.6 is 0 Å². The summed E-state index contributed by atoms with van der Waals surface area (Å²) in [6, 6.07) is 13.7. The number of nitriles is 1. The first-order chi connectivity index (χ1) is 15.5. The van der Waals surface area contributed by atoms with Gasteiger partial charge >= 0.3 is 11.9 Å². The Morgan fingerprint density at radius 3 is 2.34 bits per heavy atom. The van der Waals surface area contributed by atoms with Crippen molar-refractivity contribution in [3.63, 3.8) is 0 Å². The van der Waals surface area contributed by atoms with Gasteiger partial charge in [0.2, 0.25) is 0 Å². The van der Waals surface area contributed by atoms with Crippen LogP contribution in [0.4, 0.5) is 0 Å². The molecule has 8 heteroatoms. The molecule has 8 nitrogen and oxygen atoms in total. The number of nitrogens with zero attached hydrogens (tertiary/aromatic N) is 1. The highest BCUT2D eigenvalue weighted by molar-refractivity contribution is 5.98. The highest BCUT2D eigenvalue weighted by Crippen LogP contribution is 2.29. The van der Waals surface area contributed by atoms with Crippen LogP contribution < -0.4 is 18.9 Å². The molecule has 0 aliphatic rings. The molecule has 0 fully saturated rings. The van der Waals surface area contributed by atoms with Crippen molar-refractivity contribution in [3.8, 4) is 29.1 Å². The minimum Gasteiger partial charge on any atom is -0.497 e. The van der Waals surface area contributed by atoms with Gasteiger partial charge in [0.1, 0.15) is 23.1 Å². The lowest BCUT2D eigenvalue weighted by Gasteiger charge is -2.11. The fourth-order valence-electron chi connectivity index (χ4n) is 2.62. The van der Waals surface area contributed by atoms with Crippen molar-refractivity contribution in [3.05, 3.63) is 53.6 Å². The Balaban J connectivity index is 1.91. The van der Waals surface area contributed by atoms with E-state index in [2.05, 4.69) is 0 Å². The normalized spacial score (nSPS) is 10.6. The minimum absolute atomic E-state index is 0.143. The van der Waals surface area contributed by atoms with Crippen LogP contribution in [0.3, 0.4) is 0 Å². The minimum atomic E-state index is -0.707. The fraction of sp³-hybridized carbons (Fsp3) is 0.292. The number of ether oxygens (including phenoxy) is 5. The average Bonchev–Trinajstić information content (AvgIpc) is 2.81. The number of carbonyl (C=O) groups excluding carboxylic acids is 2. The zero-order valence-corrected chi connectivity index (χ0v) is 18.3. The Labute approximate surface area is 186 Å². The van der Waals surface area contributed by atoms with Gasteiger partial charge < -0.3 is 23.7 Å². The summed E-state index contributed by atoms with van der Waals surface area (Å²) in [5.74, 6) is 0.809. The third kappa shape index (κ3) is 7.36. The molecule has 2 rings (SSSR count). The molecule has 0 bridgehead atoms. The average molecular weight is 439 g/mol. The summed E-state index contributed by atoms with van der Waals surface area (Å²) < 4.78 is 26.2. The van der Waals surface area contributed by atoms with Crippen molar-refractivity contribution in [2.24, 2.45) is 0 Å². The van der Waals surface area contributed by atoms with Gasteiger partial charge in [-0.1, -0.05) is 6.07 Å². The standard InChI is InChI=1S/C24H25NO7/c1-4-30-24(27)18(16-25)14-17-7-12-21(22(15-17)29-3)32-23(26)6-5-13-31-20-10-8-19(28-2)9-11-20/h7-12,14-15H,4-6,13H2,1-3H3. The number of rotatable bonds is 11. The maximum Gasteiger partial charge on any atom is 0.348 e. The van der Waals surface area contributed by atoms with Gasteiger partial charge in [-0.05, 0) is 61.4 Å². The number of methoxy groups -OCH3 is 2. The Bertz CT molecular complexity index is 990. The first-order valence-corrected chi connectivity index (χ1v) is 9.95. The highest BCUT2D eigenvalue weighted by Gasteiger charge is 2.13. The number of hydrogen-bond donors (Lipinski definition) is 0. The first kappa shape index (κ1) is 24.3. The van der Waals surface area contributed by atoms with Gasteiger partial charge in [-0.15, -0.1) is 0 Å². The van der Waals surface area contributed by atoms with E-state index in [-0.39, 0.29) is 24.4 Å². The Morgan fingerprint density at radius 1 is 1.00 bits per heavy atom. The van der Waals surface area contributed by atoms with Crippen LogP contribution in [0.25, 0.3) is 6.08 Å². The number of benzene rings is 2. The zero-order chi connectivity index (χ0) is 23.3. The Hall–Kier alpha value is -3.99. The molecule has 2 aromatic carbocycles. The van der Waals surface area contributed by atoms with Crippen LogP contribution in [0.2, 0.25) is 0 Å². The summed E-state index contributed by atoms with van der Waals surface area (Å²) in [4.78, 5) is 23.9. The van der Waals surface area contributed by atoms with Gasteiger partial charge in [0.15, 0.2) is 11.5 Å². The molecule has 0 aliphatic carbocycles. The van der Waals surface area contributed by atoms with Crippen LogP contribution in [0.15, 0.2) is 48.0 Å². The zero-order valence-electron chi connectivity index (χ0n) is 18.3. The lowest BCUT2D eigenvalue weighted by molar-refractivity contribution is -0.138. The van der Waals surface area contributed by atoms with Crippen molar-refractivity contribution < 1.29 is 33.3 Å². The van der Waals surface area contributed by atoms with E-state index in [0.717, 1.165) is 5.75 Å². The van der Waals surface area contributed by atoms with Gasteiger partial charge in [0.25, 0.3) is 0 Å². The summed E-state index contributed by atoms with van der Waals surface area (Å²) in [7, 11) is 3.02. The lowest BCUT2D eigenvalue weighted by Crippen LogP contribution is -2.10. The molecule has 0 unspecified atom stereocenters. The van der Waals surface area contributed by atoms with Gasteiger partial charge in [0.05, 0.1) is 27.4 Å². The molecular weight excluding hydrogens is 414 g/mol. The summed E-state index contributed by atoms with van der Waals surface area (Å²) in [5.41, 5.74) is 0.384. The van der Waals surface area contributed by atoms with Crippen molar-refractivity contribution in [2.45, 2.75) is 19.8 Å². The van der Waals surface area contributed by atoms with E-state index >= 15 is 0 Å². The van der Waals surface area contributed by atoms with Crippen molar-refractivity contribution in [2.75, 3.05) is 27.4 Å². The van der Waals surface area contributed by atoms with E-state index in [1.807, 2.05) is 6.07 Å². The van der Waals surface area contributed by atoms with Gasteiger partial charge in [-0.25, -0.2) is 4.79 Å². The molecular formula is C24H25NO7. The second-order valence-corrected chi connectivity index (χ2v) is 6.40. The van der Waals surface area contributed by atoms with Crippen LogP contribution in [-0.4, -0.2) is 39.4 Å². The van der Waals surface area contributed by atoms with E-state index in [4.69, 9.17) is 28.9 Å². The maximum atomic E-state index is 12.2. The number of hydrogen-bond acceptors (Lipinski definition) is 8. The molecule has 0 saturated carbocycles. The van der Waals surface area contributed by atoms with Gasteiger partial charge in [-0.3, -0.25) is 4.79 Å². The van der Waals surface area contributed by atoms with Gasteiger partial charge in [0, 0.05) is 6.42 Å². The third-order valence-electron chi connectivity index (χ3n) is 4.19. The van der Waals surface area contributed by atoms with E-state index in [1.54, 1.807) is 50.4 Å². The molecule has 0 heterocycles. The summed E-state index contributed by atoms with van der Waals surface area (Å²) in [6.45, 7) is 2.18. The molecule has 168 valence electrons. The van der Waals surface area contributed by atoms with Gasteiger partial charge in [-0.2, -0.15) is 5.26 Å². The molecule has 0 aromatic heterocycles. The van der Waals surface area contributed by atoms with Crippen molar-refractivity contribution >= 4 is 18.0 Å². The van der Waals surface area contributed by atoms with E-state index in [1.165, 1.54) is 19.3 Å². The van der Waals surface area contributed by atoms with E-state index in [0.29, 0.717) is 30.1 Å². The molecule has 0 radical (unpaired) electrons. The molecule has 32 heavy (non-hydrogen) atoms. The van der Waals surface area contributed by atoms with Crippen LogP contribution in [0, 0.1) is 11.3 Å². The highest BCUT2D eigenvalue weighted by atomic mass is 16.6. The molecule has 0 saturated heterocycles. The molecule has 0 atom stereocenters. The topological polar surface area (TPSA) is 104 Å². The predicted octanol–water partition coefficient (Wildman–Crippen LogP) is 3.94. The van der Waals surface area contributed by atoms with Crippen LogP contribution in [0.1, 0.15) is 25.3 Å². The summed E-state index contributed by atoms with van der Waals surface area (Å²) in [5, 5.41) is 9.15. The lowest BCUT2D eigenvalue weighted by atomic mass is 10.1. The predicted molar refractivity (Wildman–Crippen MR) is 117 cm³/mol. The molecule has 0 aliphatic heterocycles. The summed E-state index contributed by atoms with van der Waals surface area (Å²) >= 11 is 0. The van der Waals surface area contributed by atoms with E-state index in [9.17, 15) is 9.59 Å². The Kier molecular flexibility index (Phi) is 9.60. The monoisotopic (exact) mass is 439 g/mol. The van der Waals surface area contributed by atoms with Crippen molar-refractivity contribution in [1.82, 2.24) is 0 Å². The SMILES string of the molecule is CCOC(=O)C(C#N)=Cc1ccc(OC(=O)CCCOc2ccc(OC)cc2)c(OC)c1. The second-order valence-electron chi connectivity index (χ2n) is 6.40. The molecule has 0 N–H and O–H groups in total. The number of carbonyl (C=O) groups is 2. The van der Waals surface area contributed by atoms with E-state index < -0.39 is 11.9 Å². The molecule has 0 spiro atoms. The van der Waals surface area contributed by atoms with Crippen LogP contribution in [0.5, 0.6) is 23.0 Å². The van der Waals surface area contributed by atoms with Crippen molar-refractivity contribution in [1.29, 1.82) is 5.26 Å².